The Hall–Kier alpha value is -1.81. The predicted molar refractivity (Wildman–Crippen MR) is 109 cm³/mol. The predicted octanol–water partition coefficient (Wildman–Crippen LogP) is 2.92. The van der Waals surface area contributed by atoms with Crippen LogP contribution in [0.25, 0.3) is 0 Å². The molecule has 9 heteroatoms. The van der Waals surface area contributed by atoms with Gasteiger partial charge in [0.15, 0.2) is 0 Å². The van der Waals surface area contributed by atoms with Gasteiger partial charge in [-0.2, -0.15) is 4.31 Å². The van der Waals surface area contributed by atoms with Crippen LogP contribution in [-0.4, -0.2) is 56.3 Å². The van der Waals surface area contributed by atoms with Gasteiger partial charge in [0.2, 0.25) is 15.9 Å². The number of sulfonamides is 1. The summed E-state index contributed by atoms with van der Waals surface area (Å²) in [6.45, 7) is 2.38. The third kappa shape index (κ3) is 5.38. The molecule has 0 aromatic heterocycles. The maximum absolute atomic E-state index is 13.2. The van der Waals surface area contributed by atoms with Crippen LogP contribution in [0.2, 0.25) is 0 Å². The summed E-state index contributed by atoms with van der Waals surface area (Å²) in [6.07, 6.45) is 0.259. The molecular formula is C19H21BrFN3O3S. The van der Waals surface area contributed by atoms with Crippen LogP contribution in [0.1, 0.15) is 6.42 Å². The van der Waals surface area contributed by atoms with E-state index >= 15 is 0 Å². The van der Waals surface area contributed by atoms with Crippen LogP contribution in [0.5, 0.6) is 0 Å². The van der Waals surface area contributed by atoms with Crippen LogP contribution >= 0.6 is 15.9 Å². The molecule has 0 saturated carbocycles. The van der Waals surface area contributed by atoms with Crippen LogP contribution in [0.4, 0.5) is 10.1 Å². The molecule has 1 amide bonds. The molecule has 1 N–H and O–H groups in total. The Morgan fingerprint density at radius 3 is 2.46 bits per heavy atom. The van der Waals surface area contributed by atoms with Gasteiger partial charge in [0.1, 0.15) is 5.82 Å². The van der Waals surface area contributed by atoms with Crippen molar-refractivity contribution in [3.8, 4) is 0 Å². The number of carbonyl (C=O) groups excluding carboxylic acids is 1. The van der Waals surface area contributed by atoms with Gasteiger partial charge in [0.05, 0.1) is 4.90 Å². The van der Waals surface area contributed by atoms with E-state index in [-0.39, 0.29) is 17.2 Å². The number of carbonyl (C=O) groups is 1. The molecule has 2 aromatic carbocycles. The molecule has 1 saturated heterocycles. The Bertz CT molecular complexity index is 947. The monoisotopic (exact) mass is 469 g/mol. The Morgan fingerprint density at radius 2 is 1.79 bits per heavy atom. The molecule has 1 fully saturated rings. The fourth-order valence-electron chi connectivity index (χ4n) is 3.02. The quantitative estimate of drug-likeness (QED) is 0.705. The summed E-state index contributed by atoms with van der Waals surface area (Å²) < 4.78 is 40.8. The normalized spacial score (nSPS) is 16.1. The third-order valence-corrected chi connectivity index (χ3v) is 6.92. The van der Waals surface area contributed by atoms with E-state index in [9.17, 15) is 17.6 Å². The minimum Gasteiger partial charge on any atom is -0.326 e. The van der Waals surface area contributed by atoms with Gasteiger partial charge in [-0.05, 0) is 36.4 Å². The van der Waals surface area contributed by atoms with E-state index in [4.69, 9.17) is 0 Å². The standard InChI is InChI=1S/C19H21BrFN3O3S/c20-15-3-1-6-18(13-15)28(26,27)24-11-9-23(10-12-24)8-7-19(25)22-17-5-2-4-16(21)14-17/h1-6,13-14H,7-12H2,(H,22,25). The second-order valence-corrected chi connectivity index (χ2v) is 9.37. The van der Waals surface area contributed by atoms with Crippen molar-refractivity contribution in [3.05, 3.63) is 58.8 Å². The Kier molecular flexibility index (Phi) is 6.82. The number of piperazine rings is 1. The molecule has 1 heterocycles. The molecule has 0 bridgehead atoms. The summed E-state index contributed by atoms with van der Waals surface area (Å²) in [5.41, 5.74) is 0.426. The third-order valence-electron chi connectivity index (χ3n) is 4.53. The van der Waals surface area contributed by atoms with E-state index in [1.54, 1.807) is 30.3 Å². The van der Waals surface area contributed by atoms with Gasteiger partial charge in [-0.3, -0.25) is 4.79 Å². The molecular weight excluding hydrogens is 449 g/mol. The number of hydrogen-bond donors (Lipinski definition) is 1. The average molecular weight is 470 g/mol. The van der Waals surface area contributed by atoms with E-state index in [2.05, 4.69) is 26.1 Å². The Labute approximate surface area is 172 Å². The molecule has 6 nitrogen and oxygen atoms in total. The van der Waals surface area contributed by atoms with Crippen molar-refractivity contribution >= 4 is 37.5 Å². The van der Waals surface area contributed by atoms with E-state index in [1.807, 2.05) is 0 Å². The van der Waals surface area contributed by atoms with Crippen molar-refractivity contribution < 1.29 is 17.6 Å². The van der Waals surface area contributed by atoms with Gasteiger partial charge in [0.25, 0.3) is 0 Å². The fraction of sp³-hybridized carbons (Fsp3) is 0.316. The van der Waals surface area contributed by atoms with E-state index in [0.717, 1.165) is 4.47 Å². The summed E-state index contributed by atoms with van der Waals surface area (Å²) in [6, 6.07) is 12.4. The summed E-state index contributed by atoms with van der Waals surface area (Å²) in [5, 5.41) is 2.67. The number of nitrogens with one attached hydrogen (secondary N) is 1. The summed E-state index contributed by atoms with van der Waals surface area (Å²) >= 11 is 3.30. The molecule has 2 aromatic rings. The van der Waals surface area contributed by atoms with Crippen LogP contribution in [0, 0.1) is 5.82 Å². The molecule has 3 rings (SSSR count). The minimum absolute atomic E-state index is 0.199. The smallest absolute Gasteiger partial charge is 0.243 e. The topological polar surface area (TPSA) is 69.7 Å². The maximum atomic E-state index is 13.2. The largest absolute Gasteiger partial charge is 0.326 e. The summed E-state index contributed by atoms with van der Waals surface area (Å²) in [4.78, 5) is 14.4. The van der Waals surface area contributed by atoms with Crippen molar-refractivity contribution in [3.63, 3.8) is 0 Å². The van der Waals surface area contributed by atoms with Gasteiger partial charge in [-0.15, -0.1) is 0 Å². The highest BCUT2D eigenvalue weighted by Gasteiger charge is 2.28. The molecule has 0 unspecified atom stereocenters. The Morgan fingerprint density at radius 1 is 1.07 bits per heavy atom. The number of anilines is 1. The van der Waals surface area contributed by atoms with Gasteiger partial charge in [0, 0.05) is 49.3 Å². The van der Waals surface area contributed by atoms with Crippen molar-refractivity contribution in [2.75, 3.05) is 38.0 Å². The highest BCUT2D eigenvalue weighted by Crippen LogP contribution is 2.21. The molecule has 0 spiro atoms. The Balaban J connectivity index is 1.48. The number of amides is 1. The SMILES string of the molecule is O=C(CCN1CCN(S(=O)(=O)c2cccc(Br)c2)CC1)Nc1cccc(F)c1. The summed E-state index contributed by atoms with van der Waals surface area (Å²) in [5.74, 6) is -0.602. The number of benzene rings is 2. The van der Waals surface area contributed by atoms with Crippen LogP contribution in [0.15, 0.2) is 57.9 Å². The highest BCUT2D eigenvalue weighted by atomic mass is 79.9. The van der Waals surface area contributed by atoms with Gasteiger partial charge >= 0.3 is 0 Å². The van der Waals surface area contributed by atoms with Crippen LogP contribution in [-0.2, 0) is 14.8 Å². The van der Waals surface area contributed by atoms with E-state index in [0.29, 0.717) is 38.4 Å². The lowest BCUT2D eigenvalue weighted by molar-refractivity contribution is -0.116. The lowest BCUT2D eigenvalue weighted by Crippen LogP contribution is -2.49. The lowest BCUT2D eigenvalue weighted by Gasteiger charge is -2.33. The summed E-state index contributed by atoms with van der Waals surface area (Å²) in [7, 11) is -3.52. The van der Waals surface area contributed by atoms with Crippen molar-refractivity contribution in [1.29, 1.82) is 0 Å². The molecule has 1 aliphatic rings. The van der Waals surface area contributed by atoms with Crippen LogP contribution in [0.3, 0.4) is 0 Å². The average Bonchev–Trinajstić information content (AvgIpc) is 2.67. The van der Waals surface area contributed by atoms with Crippen molar-refractivity contribution in [2.45, 2.75) is 11.3 Å². The lowest BCUT2D eigenvalue weighted by atomic mass is 10.2. The first kappa shape index (κ1) is 20.9. The first-order valence-corrected chi connectivity index (χ1v) is 11.1. The van der Waals surface area contributed by atoms with Crippen LogP contribution < -0.4 is 5.32 Å². The zero-order valence-electron chi connectivity index (χ0n) is 15.1. The molecule has 0 atom stereocenters. The van der Waals surface area contributed by atoms with Gasteiger partial charge < -0.3 is 10.2 Å². The number of rotatable bonds is 6. The second kappa shape index (κ2) is 9.13. The van der Waals surface area contributed by atoms with E-state index < -0.39 is 15.8 Å². The first-order chi connectivity index (χ1) is 13.3. The zero-order chi connectivity index (χ0) is 20.1. The maximum Gasteiger partial charge on any atom is 0.243 e. The number of hydrogen-bond acceptors (Lipinski definition) is 4. The molecule has 0 radical (unpaired) electrons. The molecule has 1 aliphatic heterocycles. The van der Waals surface area contributed by atoms with Crippen molar-refractivity contribution in [1.82, 2.24) is 9.21 Å². The molecule has 28 heavy (non-hydrogen) atoms. The molecule has 0 aliphatic carbocycles. The fourth-order valence-corrected chi connectivity index (χ4v) is 5.04. The minimum atomic E-state index is -3.52. The van der Waals surface area contributed by atoms with Gasteiger partial charge in [-0.25, -0.2) is 12.8 Å². The number of halogens is 2. The first-order valence-electron chi connectivity index (χ1n) is 8.88. The molecule has 150 valence electrons. The number of nitrogens with zero attached hydrogens (tertiary/aromatic N) is 2. The van der Waals surface area contributed by atoms with Crippen molar-refractivity contribution in [2.24, 2.45) is 0 Å². The zero-order valence-corrected chi connectivity index (χ0v) is 17.5. The highest BCUT2D eigenvalue weighted by molar-refractivity contribution is 9.10. The van der Waals surface area contributed by atoms with E-state index in [1.165, 1.54) is 22.5 Å². The second-order valence-electron chi connectivity index (χ2n) is 6.51. The van der Waals surface area contributed by atoms with Gasteiger partial charge in [-0.1, -0.05) is 28.1 Å².